The van der Waals surface area contributed by atoms with Gasteiger partial charge in [-0.15, -0.1) is 11.3 Å². The summed E-state index contributed by atoms with van der Waals surface area (Å²) >= 11 is 1.58. The van der Waals surface area contributed by atoms with Crippen LogP contribution >= 0.6 is 11.3 Å². The van der Waals surface area contributed by atoms with E-state index in [-0.39, 0.29) is 24.3 Å². The van der Waals surface area contributed by atoms with Crippen LogP contribution in [0.2, 0.25) is 0 Å². The summed E-state index contributed by atoms with van der Waals surface area (Å²) in [4.78, 5) is 28.7. The number of nitrogens with one attached hydrogen (secondary N) is 1. The van der Waals surface area contributed by atoms with Gasteiger partial charge in [-0.05, 0) is 54.1 Å². The molecule has 2 amide bonds. The Bertz CT molecular complexity index is 1030. The minimum Gasteiger partial charge on any atom is -0.326 e. The number of aryl methyl sites for hydroxylation is 2. The normalized spacial score (nSPS) is 14.1. The molecule has 0 spiro atoms. The van der Waals surface area contributed by atoms with Crippen molar-refractivity contribution in [3.63, 3.8) is 0 Å². The Morgan fingerprint density at radius 3 is 2.71 bits per heavy atom. The fourth-order valence-corrected chi connectivity index (χ4v) is 4.46. The predicted molar refractivity (Wildman–Crippen MR) is 113 cm³/mol. The van der Waals surface area contributed by atoms with Gasteiger partial charge in [0.1, 0.15) is 0 Å². The number of nitrogens with zero attached hydrogens (tertiary/aromatic N) is 1. The van der Waals surface area contributed by atoms with Crippen LogP contribution < -0.4 is 5.32 Å². The van der Waals surface area contributed by atoms with Crippen LogP contribution in [0.3, 0.4) is 0 Å². The smallest absolute Gasteiger partial charge is 0.255 e. The van der Waals surface area contributed by atoms with E-state index in [1.165, 1.54) is 0 Å². The average Bonchev–Trinajstić information content (AvgIpc) is 3.32. The summed E-state index contributed by atoms with van der Waals surface area (Å²) in [5.41, 5.74) is 4.70. The molecule has 0 aliphatic carbocycles. The molecule has 2 aromatic carbocycles. The lowest BCUT2D eigenvalue weighted by molar-refractivity contribution is -0.117. The number of hydrogen-bond acceptors (Lipinski definition) is 3. The lowest BCUT2D eigenvalue weighted by Gasteiger charge is -2.27. The van der Waals surface area contributed by atoms with Crippen molar-refractivity contribution in [1.29, 1.82) is 0 Å². The fourth-order valence-electron chi connectivity index (χ4n) is 3.62. The van der Waals surface area contributed by atoms with Gasteiger partial charge in [0.25, 0.3) is 5.91 Å². The van der Waals surface area contributed by atoms with Gasteiger partial charge >= 0.3 is 0 Å². The van der Waals surface area contributed by atoms with Gasteiger partial charge in [0.2, 0.25) is 5.91 Å². The summed E-state index contributed by atoms with van der Waals surface area (Å²) in [7, 11) is 0. The zero-order chi connectivity index (χ0) is 19.7. The topological polar surface area (TPSA) is 49.4 Å². The highest BCUT2D eigenvalue weighted by molar-refractivity contribution is 7.10. The van der Waals surface area contributed by atoms with Crippen LogP contribution in [0.1, 0.15) is 44.4 Å². The van der Waals surface area contributed by atoms with E-state index in [1.54, 1.807) is 11.3 Å². The van der Waals surface area contributed by atoms with Gasteiger partial charge in [-0.3, -0.25) is 9.59 Å². The molecule has 0 fully saturated rings. The van der Waals surface area contributed by atoms with Crippen molar-refractivity contribution in [2.45, 2.75) is 32.9 Å². The lowest BCUT2D eigenvalue weighted by Crippen LogP contribution is -2.31. The van der Waals surface area contributed by atoms with Crippen LogP contribution in [-0.2, 0) is 11.3 Å². The number of anilines is 1. The third kappa shape index (κ3) is 3.58. The molecule has 3 aromatic rings. The van der Waals surface area contributed by atoms with E-state index in [0.29, 0.717) is 6.54 Å². The number of carbonyl (C=O) groups excluding carboxylic acids is 2. The second-order valence-corrected chi connectivity index (χ2v) is 8.17. The van der Waals surface area contributed by atoms with E-state index in [9.17, 15) is 9.59 Å². The third-order valence-electron chi connectivity index (χ3n) is 5.14. The molecular formula is C23H22N2O2S. The summed E-state index contributed by atoms with van der Waals surface area (Å²) in [5.74, 6) is -0.0932. The quantitative estimate of drug-likeness (QED) is 0.660. The van der Waals surface area contributed by atoms with E-state index >= 15 is 0 Å². The van der Waals surface area contributed by atoms with E-state index < -0.39 is 0 Å². The molecule has 1 aromatic heterocycles. The molecule has 0 saturated heterocycles. The molecule has 1 aliphatic rings. The van der Waals surface area contributed by atoms with Gasteiger partial charge in [0.05, 0.1) is 12.5 Å². The maximum absolute atomic E-state index is 13.0. The number of amides is 2. The zero-order valence-corrected chi connectivity index (χ0v) is 16.8. The van der Waals surface area contributed by atoms with Crippen molar-refractivity contribution < 1.29 is 9.59 Å². The highest BCUT2D eigenvalue weighted by atomic mass is 32.1. The molecule has 4 rings (SSSR count). The van der Waals surface area contributed by atoms with E-state index in [0.717, 1.165) is 32.8 Å². The van der Waals surface area contributed by atoms with Crippen molar-refractivity contribution in [1.82, 2.24) is 4.90 Å². The van der Waals surface area contributed by atoms with Gasteiger partial charge in [0, 0.05) is 22.7 Å². The second-order valence-electron chi connectivity index (χ2n) is 7.19. The second kappa shape index (κ2) is 7.60. The van der Waals surface area contributed by atoms with Gasteiger partial charge in [-0.25, -0.2) is 0 Å². The molecule has 2 heterocycles. The molecule has 28 heavy (non-hydrogen) atoms. The number of thiophene rings is 1. The molecule has 4 nitrogen and oxygen atoms in total. The first kappa shape index (κ1) is 18.4. The molecule has 5 heteroatoms. The predicted octanol–water partition coefficient (Wildman–Crippen LogP) is 5.09. The van der Waals surface area contributed by atoms with Crippen molar-refractivity contribution >= 4 is 28.8 Å². The van der Waals surface area contributed by atoms with Crippen LogP contribution in [0.5, 0.6) is 0 Å². The fraction of sp³-hybridized carbons (Fsp3) is 0.217. The molecule has 142 valence electrons. The van der Waals surface area contributed by atoms with Gasteiger partial charge in [-0.1, -0.05) is 36.4 Å². The van der Waals surface area contributed by atoms with Crippen LogP contribution in [0.25, 0.3) is 0 Å². The summed E-state index contributed by atoms with van der Waals surface area (Å²) in [5, 5.41) is 5.02. The summed E-state index contributed by atoms with van der Waals surface area (Å²) in [6.45, 7) is 4.52. The molecule has 0 radical (unpaired) electrons. The highest BCUT2D eigenvalue weighted by Crippen LogP contribution is 2.35. The maximum Gasteiger partial charge on any atom is 0.255 e. The Labute approximate surface area is 168 Å². The van der Waals surface area contributed by atoms with E-state index in [1.807, 2.05) is 78.7 Å². The van der Waals surface area contributed by atoms with E-state index in [4.69, 9.17) is 0 Å². The molecule has 0 saturated carbocycles. The maximum atomic E-state index is 13.0. The Hall–Kier alpha value is -2.92. The Morgan fingerprint density at radius 2 is 1.96 bits per heavy atom. The summed E-state index contributed by atoms with van der Waals surface area (Å²) in [6.07, 6.45) is 0.230. The van der Waals surface area contributed by atoms with Crippen molar-refractivity contribution in [3.05, 3.63) is 87.1 Å². The molecule has 1 unspecified atom stereocenters. The first-order valence-electron chi connectivity index (χ1n) is 9.32. The standard InChI is InChI=1S/C23H22N2O2S/c1-15-9-10-16(2)19(12-15)24-22(26)13-20(21-8-5-11-28-21)25-14-17-6-3-4-7-18(17)23(25)27/h3-12,20H,13-14H2,1-2H3,(H,24,26). The first-order valence-corrected chi connectivity index (χ1v) is 10.2. The van der Waals surface area contributed by atoms with Crippen molar-refractivity contribution in [2.24, 2.45) is 0 Å². The number of fused-ring (bicyclic) bond motifs is 1. The van der Waals surface area contributed by atoms with Crippen LogP contribution in [0, 0.1) is 13.8 Å². The monoisotopic (exact) mass is 390 g/mol. The molecule has 1 aliphatic heterocycles. The largest absolute Gasteiger partial charge is 0.326 e. The number of benzene rings is 2. The number of rotatable bonds is 5. The zero-order valence-electron chi connectivity index (χ0n) is 15.9. The molecule has 0 bridgehead atoms. The molecular weight excluding hydrogens is 368 g/mol. The molecule has 1 N–H and O–H groups in total. The third-order valence-corrected chi connectivity index (χ3v) is 6.12. The number of carbonyl (C=O) groups is 2. The average molecular weight is 391 g/mol. The summed E-state index contributed by atoms with van der Waals surface area (Å²) < 4.78 is 0. The lowest BCUT2D eigenvalue weighted by atomic mass is 10.1. The van der Waals surface area contributed by atoms with Crippen molar-refractivity contribution in [2.75, 3.05) is 5.32 Å². The highest BCUT2D eigenvalue weighted by Gasteiger charge is 2.34. The van der Waals surface area contributed by atoms with Gasteiger partial charge < -0.3 is 10.2 Å². The minimum atomic E-state index is -0.273. The first-order chi connectivity index (χ1) is 13.5. The van der Waals surface area contributed by atoms with Crippen molar-refractivity contribution in [3.8, 4) is 0 Å². The van der Waals surface area contributed by atoms with Gasteiger partial charge in [0.15, 0.2) is 0 Å². The SMILES string of the molecule is Cc1ccc(C)c(NC(=O)CC(c2cccs2)N2Cc3ccccc3C2=O)c1. The minimum absolute atomic E-state index is 0.00599. The number of hydrogen-bond donors (Lipinski definition) is 1. The van der Waals surface area contributed by atoms with Crippen LogP contribution in [-0.4, -0.2) is 16.7 Å². The Balaban J connectivity index is 1.57. The van der Waals surface area contributed by atoms with Crippen LogP contribution in [0.4, 0.5) is 5.69 Å². The van der Waals surface area contributed by atoms with Gasteiger partial charge in [-0.2, -0.15) is 0 Å². The van der Waals surface area contributed by atoms with E-state index in [2.05, 4.69) is 5.32 Å². The Kier molecular flexibility index (Phi) is 5.01. The van der Waals surface area contributed by atoms with Crippen LogP contribution in [0.15, 0.2) is 60.0 Å². The molecule has 1 atom stereocenters. The summed E-state index contributed by atoms with van der Waals surface area (Å²) in [6, 6.07) is 17.4. The Morgan fingerprint density at radius 1 is 1.14 bits per heavy atom.